The molecule has 0 spiro atoms. The molecule has 6 heteroatoms. The van der Waals surface area contributed by atoms with Crippen LogP contribution < -0.4 is 15.5 Å². The largest absolute Gasteiger partial charge is 0.354 e. The van der Waals surface area contributed by atoms with Gasteiger partial charge in [-0.3, -0.25) is 4.79 Å². The van der Waals surface area contributed by atoms with Crippen LogP contribution in [-0.4, -0.2) is 36.1 Å². The second-order valence-electron chi connectivity index (χ2n) is 8.22. The molecule has 1 aliphatic rings. The summed E-state index contributed by atoms with van der Waals surface area (Å²) in [6.45, 7) is 8.04. The van der Waals surface area contributed by atoms with Crippen molar-refractivity contribution in [1.82, 2.24) is 10.3 Å². The van der Waals surface area contributed by atoms with E-state index in [0.717, 1.165) is 41.3 Å². The lowest BCUT2D eigenvalue weighted by Crippen LogP contribution is -2.54. The number of carbonyl (C=O) groups excluding carboxylic acids is 1. The van der Waals surface area contributed by atoms with E-state index in [1.165, 1.54) is 12.1 Å². The molecule has 1 fully saturated rings. The minimum Gasteiger partial charge on any atom is -0.354 e. The van der Waals surface area contributed by atoms with E-state index in [2.05, 4.69) is 34.4 Å². The molecule has 160 valence electrons. The number of benzene rings is 2. The zero-order valence-corrected chi connectivity index (χ0v) is 18.0. The number of hydrogen-bond acceptors (Lipinski definition) is 4. The van der Waals surface area contributed by atoms with Gasteiger partial charge in [0.2, 0.25) is 0 Å². The number of piperazine rings is 1. The molecule has 4 rings (SSSR count). The molecule has 0 aliphatic carbocycles. The van der Waals surface area contributed by atoms with Crippen LogP contribution in [0.15, 0.2) is 60.8 Å². The quantitative estimate of drug-likeness (QED) is 0.648. The predicted molar refractivity (Wildman–Crippen MR) is 123 cm³/mol. The smallest absolute Gasteiger partial charge is 0.257 e. The molecule has 1 amide bonds. The molecular formula is C25H27FN4O. The molecule has 1 aromatic heterocycles. The highest BCUT2D eigenvalue weighted by molar-refractivity contribution is 6.05. The molecule has 1 saturated heterocycles. The van der Waals surface area contributed by atoms with Crippen molar-refractivity contribution in [2.45, 2.75) is 32.9 Å². The maximum atomic E-state index is 13.3. The average Bonchev–Trinajstić information content (AvgIpc) is 2.75. The van der Waals surface area contributed by atoms with Crippen LogP contribution in [0.5, 0.6) is 0 Å². The van der Waals surface area contributed by atoms with Crippen LogP contribution >= 0.6 is 0 Å². The number of hydrogen-bond donors (Lipinski definition) is 2. The first-order valence-corrected chi connectivity index (χ1v) is 10.5. The Morgan fingerprint density at radius 2 is 1.77 bits per heavy atom. The van der Waals surface area contributed by atoms with Gasteiger partial charge >= 0.3 is 0 Å². The lowest BCUT2D eigenvalue weighted by atomic mass is 9.99. The molecule has 2 atom stereocenters. The van der Waals surface area contributed by atoms with Crippen molar-refractivity contribution in [3.05, 3.63) is 77.7 Å². The number of halogens is 1. The van der Waals surface area contributed by atoms with E-state index < -0.39 is 0 Å². The first-order chi connectivity index (χ1) is 14.9. The first-order valence-electron chi connectivity index (χ1n) is 10.5. The Balaban J connectivity index is 1.50. The van der Waals surface area contributed by atoms with Crippen molar-refractivity contribution in [3.63, 3.8) is 0 Å². The molecular weight excluding hydrogens is 391 g/mol. The highest BCUT2D eigenvalue weighted by Crippen LogP contribution is 2.29. The molecule has 2 unspecified atom stereocenters. The summed E-state index contributed by atoms with van der Waals surface area (Å²) in [5.41, 5.74) is 4.01. The van der Waals surface area contributed by atoms with Crippen LogP contribution in [0.2, 0.25) is 0 Å². The number of nitrogens with zero attached hydrogens (tertiary/aromatic N) is 2. The van der Waals surface area contributed by atoms with Crippen LogP contribution in [-0.2, 0) is 0 Å². The third-order valence-electron chi connectivity index (χ3n) is 5.63. The summed E-state index contributed by atoms with van der Waals surface area (Å²) in [5.74, 6) is 0.401. The van der Waals surface area contributed by atoms with Crippen LogP contribution in [0.3, 0.4) is 0 Å². The standard InChI is InChI=1S/C25H27FN4O/c1-16-14-30(15-17(2)28-16)24-12-9-20(13-27-24)25(31)29-23-6-4-5-22(18(23)3)19-7-10-21(26)11-8-19/h4-13,16-17,28H,14-15H2,1-3H3,(H,29,31). The number of nitrogens with one attached hydrogen (secondary N) is 2. The maximum Gasteiger partial charge on any atom is 0.257 e. The average molecular weight is 419 g/mol. The molecule has 2 aromatic carbocycles. The second kappa shape index (κ2) is 8.86. The molecule has 31 heavy (non-hydrogen) atoms. The lowest BCUT2D eigenvalue weighted by Gasteiger charge is -2.36. The first kappa shape index (κ1) is 21.0. The SMILES string of the molecule is Cc1c(NC(=O)c2ccc(N3CC(C)NC(C)C3)nc2)cccc1-c1ccc(F)cc1. The van der Waals surface area contributed by atoms with Crippen molar-refractivity contribution in [1.29, 1.82) is 0 Å². The molecule has 1 aliphatic heterocycles. The van der Waals surface area contributed by atoms with E-state index >= 15 is 0 Å². The van der Waals surface area contributed by atoms with Gasteiger partial charge in [0.25, 0.3) is 5.91 Å². The Kier molecular flexibility index (Phi) is 6.00. The fraction of sp³-hybridized carbons (Fsp3) is 0.280. The van der Waals surface area contributed by atoms with Crippen molar-refractivity contribution in [2.75, 3.05) is 23.3 Å². The number of rotatable bonds is 4. The molecule has 2 heterocycles. The lowest BCUT2D eigenvalue weighted by molar-refractivity contribution is 0.102. The predicted octanol–water partition coefficient (Wildman–Crippen LogP) is 4.64. The Labute approximate surface area is 182 Å². The Bertz CT molecular complexity index is 1060. The number of carbonyl (C=O) groups is 1. The summed E-state index contributed by atoms with van der Waals surface area (Å²) < 4.78 is 13.3. The summed E-state index contributed by atoms with van der Waals surface area (Å²) >= 11 is 0. The van der Waals surface area contributed by atoms with E-state index in [1.807, 2.05) is 37.3 Å². The van der Waals surface area contributed by atoms with Crippen molar-refractivity contribution < 1.29 is 9.18 Å². The molecule has 2 N–H and O–H groups in total. The van der Waals surface area contributed by atoms with E-state index in [9.17, 15) is 9.18 Å². The van der Waals surface area contributed by atoms with Crippen LogP contribution in [0.25, 0.3) is 11.1 Å². The van der Waals surface area contributed by atoms with Crippen molar-refractivity contribution in [2.24, 2.45) is 0 Å². The van der Waals surface area contributed by atoms with E-state index in [0.29, 0.717) is 17.6 Å². The fourth-order valence-corrected chi connectivity index (χ4v) is 4.13. The Hall–Kier alpha value is -3.25. The van der Waals surface area contributed by atoms with E-state index in [-0.39, 0.29) is 11.7 Å². The zero-order valence-electron chi connectivity index (χ0n) is 18.0. The second-order valence-corrected chi connectivity index (χ2v) is 8.22. The monoisotopic (exact) mass is 418 g/mol. The normalized spacial score (nSPS) is 18.6. The molecule has 0 saturated carbocycles. The Morgan fingerprint density at radius 3 is 2.42 bits per heavy atom. The van der Waals surface area contributed by atoms with Gasteiger partial charge in [-0.15, -0.1) is 0 Å². The topological polar surface area (TPSA) is 57.3 Å². The Morgan fingerprint density at radius 1 is 1.06 bits per heavy atom. The van der Waals surface area contributed by atoms with E-state index in [4.69, 9.17) is 0 Å². The number of amides is 1. The van der Waals surface area contributed by atoms with Gasteiger partial charge in [-0.1, -0.05) is 24.3 Å². The minimum atomic E-state index is -0.272. The molecule has 0 bridgehead atoms. The maximum absolute atomic E-state index is 13.3. The number of aromatic nitrogens is 1. The van der Waals surface area contributed by atoms with Gasteiger partial charge in [0.05, 0.1) is 5.56 Å². The number of pyridine rings is 1. The molecule has 5 nitrogen and oxygen atoms in total. The van der Waals surface area contributed by atoms with Gasteiger partial charge in [0.15, 0.2) is 0 Å². The van der Waals surface area contributed by atoms with Gasteiger partial charge in [-0.2, -0.15) is 0 Å². The molecule has 0 radical (unpaired) electrons. The summed E-state index contributed by atoms with van der Waals surface area (Å²) in [5, 5.41) is 6.49. The van der Waals surface area contributed by atoms with Crippen LogP contribution in [0.4, 0.5) is 15.9 Å². The number of anilines is 2. The summed E-state index contributed by atoms with van der Waals surface area (Å²) in [7, 11) is 0. The van der Waals surface area contributed by atoms with Crippen molar-refractivity contribution in [3.8, 4) is 11.1 Å². The summed E-state index contributed by atoms with van der Waals surface area (Å²) in [4.78, 5) is 19.6. The van der Waals surface area contributed by atoms with Crippen molar-refractivity contribution >= 4 is 17.4 Å². The van der Waals surface area contributed by atoms with Gasteiger partial charge in [-0.25, -0.2) is 9.37 Å². The highest BCUT2D eigenvalue weighted by atomic mass is 19.1. The van der Waals surface area contributed by atoms with Gasteiger partial charge in [0, 0.05) is 37.1 Å². The summed E-state index contributed by atoms with van der Waals surface area (Å²) in [6.07, 6.45) is 1.63. The van der Waals surface area contributed by atoms with E-state index in [1.54, 1.807) is 18.3 Å². The van der Waals surface area contributed by atoms with Crippen LogP contribution in [0, 0.1) is 12.7 Å². The molecule has 3 aromatic rings. The third-order valence-corrected chi connectivity index (χ3v) is 5.63. The van der Waals surface area contributed by atoms with Gasteiger partial charge in [-0.05, 0) is 67.8 Å². The third kappa shape index (κ3) is 4.75. The highest BCUT2D eigenvalue weighted by Gasteiger charge is 2.22. The van der Waals surface area contributed by atoms with Gasteiger partial charge in [0.1, 0.15) is 11.6 Å². The fourth-order valence-electron chi connectivity index (χ4n) is 4.13. The minimum absolute atomic E-state index is 0.208. The summed E-state index contributed by atoms with van der Waals surface area (Å²) in [6, 6.07) is 16.6. The van der Waals surface area contributed by atoms with Crippen LogP contribution in [0.1, 0.15) is 29.8 Å². The zero-order chi connectivity index (χ0) is 22.0. The van der Waals surface area contributed by atoms with Gasteiger partial charge < -0.3 is 15.5 Å².